The summed E-state index contributed by atoms with van der Waals surface area (Å²) in [6.07, 6.45) is 0. The van der Waals surface area contributed by atoms with Crippen LogP contribution in [0.1, 0.15) is 23.0 Å². The number of rotatable bonds is 3. The minimum absolute atomic E-state index is 0.344. The molecule has 5 heteroatoms. The molecule has 0 fully saturated rings. The molecule has 0 unspecified atom stereocenters. The molecule has 0 aliphatic carbocycles. The van der Waals surface area contributed by atoms with Crippen molar-refractivity contribution in [3.63, 3.8) is 0 Å². The van der Waals surface area contributed by atoms with Gasteiger partial charge in [0.15, 0.2) is 0 Å². The number of ether oxygens (including phenoxy) is 1. The second kappa shape index (κ2) is 5.09. The number of benzene rings is 1. The number of carbonyl (C=O) groups is 1. The molecule has 1 N–H and O–H groups in total. The van der Waals surface area contributed by atoms with E-state index in [-0.39, 0.29) is 5.97 Å². The molecule has 1 aromatic carbocycles. The molecule has 0 aliphatic heterocycles. The zero-order chi connectivity index (χ0) is 15.0. The summed E-state index contributed by atoms with van der Waals surface area (Å²) in [5.41, 5.74) is 4.36. The monoisotopic (exact) mass is 283 g/mol. The van der Waals surface area contributed by atoms with E-state index in [4.69, 9.17) is 4.74 Å². The molecule has 2 heterocycles. The Labute approximate surface area is 122 Å². The molecular formula is C16H17N3O2. The molecule has 0 spiro atoms. The summed E-state index contributed by atoms with van der Waals surface area (Å²) < 4.78 is 6.77. The number of carbonyl (C=O) groups excluding carboxylic acids is 1. The molecule has 108 valence electrons. The van der Waals surface area contributed by atoms with Crippen molar-refractivity contribution in [2.45, 2.75) is 13.8 Å². The van der Waals surface area contributed by atoms with Gasteiger partial charge in [-0.2, -0.15) is 5.10 Å². The topological polar surface area (TPSA) is 59.9 Å². The molecule has 0 radical (unpaired) electrons. The number of aromatic nitrogens is 3. The second-order valence-corrected chi connectivity index (χ2v) is 5.00. The fourth-order valence-corrected chi connectivity index (χ4v) is 2.38. The van der Waals surface area contributed by atoms with Gasteiger partial charge in [-0.05, 0) is 19.9 Å². The van der Waals surface area contributed by atoms with E-state index in [0.29, 0.717) is 12.3 Å². The Morgan fingerprint density at radius 1 is 1.33 bits per heavy atom. The minimum atomic E-state index is -0.344. The molecule has 21 heavy (non-hydrogen) atoms. The Morgan fingerprint density at radius 3 is 2.71 bits per heavy atom. The van der Waals surface area contributed by atoms with Crippen LogP contribution in [0, 0.1) is 6.92 Å². The molecule has 0 saturated carbocycles. The maximum atomic E-state index is 11.8. The zero-order valence-electron chi connectivity index (χ0n) is 12.3. The van der Waals surface area contributed by atoms with Gasteiger partial charge in [0.1, 0.15) is 17.0 Å². The highest BCUT2D eigenvalue weighted by atomic mass is 16.5. The van der Waals surface area contributed by atoms with Crippen LogP contribution in [0.25, 0.3) is 22.3 Å². The largest absolute Gasteiger partial charge is 0.461 e. The van der Waals surface area contributed by atoms with Crippen LogP contribution in [0.5, 0.6) is 0 Å². The van der Waals surface area contributed by atoms with E-state index in [2.05, 4.69) is 22.2 Å². The summed E-state index contributed by atoms with van der Waals surface area (Å²) in [6.45, 7) is 4.20. The minimum Gasteiger partial charge on any atom is -0.461 e. The van der Waals surface area contributed by atoms with Gasteiger partial charge in [-0.25, -0.2) is 4.79 Å². The predicted octanol–water partition coefficient (Wildman–Crippen LogP) is 3.05. The fraction of sp³-hybridized carbons (Fsp3) is 0.250. The molecule has 0 aliphatic rings. The van der Waals surface area contributed by atoms with E-state index >= 15 is 0 Å². The third kappa shape index (κ3) is 2.31. The van der Waals surface area contributed by atoms with E-state index in [1.165, 1.54) is 5.56 Å². The Bertz CT molecular complexity index is 797. The Kier molecular flexibility index (Phi) is 3.25. The fourth-order valence-electron chi connectivity index (χ4n) is 2.38. The van der Waals surface area contributed by atoms with Crippen LogP contribution >= 0.6 is 0 Å². The predicted molar refractivity (Wildman–Crippen MR) is 81.2 cm³/mol. The second-order valence-electron chi connectivity index (χ2n) is 5.00. The van der Waals surface area contributed by atoms with Crippen LogP contribution in [0.3, 0.4) is 0 Å². The van der Waals surface area contributed by atoms with Crippen molar-refractivity contribution in [1.29, 1.82) is 0 Å². The van der Waals surface area contributed by atoms with Crippen LogP contribution in [0.2, 0.25) is 0 Å². The molecule has 0 saturated heterocycles. The lowest BCUT2D eigenvalue weighted by Gasteiger charge is -1.99. The van der Waals surface area contributed by atoms with E-state index in [1.807, 2.05) is 26.1 Å². The Hall–Kier alpha value is -2.56. The molecule has 3 aromatic rings. The summed E-state index contributed by atoms with van der Waals surface area (Å²) in [5, 5.41) is 5.45. The number of fused-ring (bicyclic) bond motifs is 1. The van der Waals surface area contributed by atoms with Crippen molar-refractivity contribution in [2.75, 3.05) is 6.61 Å². The van der Waals surface area contributed by atoms with Gasteiger partial charge in [0, 0.05) is 18.0 Å². The molecule has 2 aromatic heterocycles. The lowest BCUT2D eigenvalue weighted by atomic mass is 10.1. The summed E-state index contributed by atoms with van der Waals surface area (Å²) in [6, 6.07) is 9.97. The number of nitrogens with zero attached hydrogens (tertiary/aromatic N) is 2. The molecule has 0 bridgehead atoms. The highest BCUT2D eigenvalue weighted by molar-refractivity contribution is 5.99. The van der Waals surface area contributed by atoms with Gasteiger partial charge in [-0.3, -0.25) is 4.68 Å². The van der Waals surface area contributed by atoms with E-state index in [0.717, 1.165) is 22.3 Å². The standard InChI is InChI=1S/C16H17N3O2/c1-4-21-16(20)13-9-12-14(18-19(3)15(12)17-13)11-7-5-10(2)6-8-11/h5-9,17H,4H2,1-3H3. The summed E-state index contributed by atoms with van der Waals surface area (Å²) in [7, 11) is 1.85. The first-order valence-corrected chi connectivity index (χ1v) is 6.90. The number of nitrogens with one attached hydrogen (secondary N) is 1. The number of aromatic amines is 1. The maximum Gasteiger partial charge on any atom is 0.354 e. The van der Waals surface area contributed by atoms with Crippen molar-refractivity contribution in [3.8, 4) is 11.3 Å². The normalized spacial score (nSPS) is 11.0. The van der Waals surface area contributed by atoms with Crippen molar-refractivity contribution in [1.82, 2.24) is 14.8 Å². The average Bonchev–Trinajstić information content (AvgIpc) is 3.01. The van der Waals surface area contributed by atoms with E-state index in [1.54, 1.807) is 17.7 Å². The Balaban J connectivity index is 2.11. The van der Waals surface area contributed by atoms with Gasteiger partial charge < -0.3 is 9.72 Å². The lowest BCUT2D eigenvalue weighted by Crippen LogP contribution is -2.05. The number of aryl methyl sites for hydroxylation is 2. The summed E-state index contributed by atoms with van der Waals surface area (Å²) >= 11 is 0. The highest BCUT2D eigenvalue weighted by Gasteiger charge is 2.17. The van der Waals surface area contributed by atoms with Gasteiger partial charge in [0.05, 0.1) is 6.61 Å². The van der Waals surface area contributed by atoms with E-state index < -0.39 is 0 Å². The van der Waals surface area contributed by atoms with Crippen LogP contribution in [-0.4, -0.2) is 27.3 Å². The van der Waals surface area contributed by atoms with Gasteiger partial charge in [-0.1, -0.05) is 29.8 Å². The molecule has 0 atom stereocenters. The van der Waals surface area contributed by atoms with Crippen LogP contribution in [-0.2, 0) is 11.8 Å². The number of H-pyrrole nitrogens is 1. The van der Waals surface area contributed by atoms with Crippen molar-refractivity contribution >= 4 is 17.0 Å². The quantitative estimate of drug-likeness (QED) is 0.751. The number of hydrogen-bond donors (Lipinski definition) is 1. The van der Waals surface area contributed by atoms with E-state index in [9.17, 15) is 4.79 Å². The summed E-state index contributed by atoms with van der Waals surface area (Å²) in [5.74, 6) is -0.344. The first kappa shape index (κ1) is 13.4. The molecule has 5 nitrogen and oxygen atoms in total. The first-order valence-electron chi connectivity index (χ1n) is 6.90. The average molecular weight is 283 g/mol. The third-order valence-electron chi connectivity index (χ3n) is 3.45. The molecular weight excluding hydrogens is 266 g/mol. The van der Waals surface area contributed by atoms with Gasteiger partial charge in [0.2, 0.25) is 0 Å². The smallest absolute Gasteiger partial charge is 0.354 e. The van der Waals surface area contributed by atoms with Crippen LogP contribution in [0.15, 0.2) is 30.3 Å². The van der Waals surface area contributed by atoms with Gasteiger partial charge in [-0.15, -0.1) is 0 Å². The SMILES string of the molecule is CCOC(=O)c1cc2c(-c3ccc(C)cc3)nn(C)c2[nH]1. The lowest BCUT2D eigenvalue weighted by molar-refractivity contribution is 0.0520. The van der Waals surface area contributed by atoms with Crippen LogP contribution < -0.4 is 0 Å². The van der Waals surface area contributed by atoms with Crippen molar-refractivity contribution < 1.29 is 9.53 Å². The van der Waals surface area contributed by atoms with Crippen LogP contribution in [0.4, 0.5) is 0 Å². The van der Waals surface area contributed by atoms with Crippen molar-refractivity contribution in [2.24, 2.45) is 7.05 Å². The van der Waals surface area contributed by atoms with Crippen molar-refractivity contribution in [3.05, 3.63) is 41.6 Å². The molecule has 3 rings (SSSR count). The summed E-state index contributed by atoms with van der Waals surface area (Å²) in [4.78, 5) is 14.9. The highest BCUT2D eigenvalue weighted by Crippen LogP contribution is 2.28. The van der Waals surface area contributed by atoms with Gasteiger partial charge in [0.25, 0.3) is 0 Å². The first-order chi connectivity index (χ1) is 10.1. The number of hydrogen-bond acceptors (Lipinski definition) is 3. The maximum absolute atomic E-state index is 11.8. The Morgan fingerprint density at radius 2 is 2.05 bits per heavy atom. The molecule has 0 amide bonds. The zero-order valence-corrected chi connectivity index (χ0v) is 12.3. The third-order valence-corrected chi connectivity index (χ3v) is 3.45. The number of esters is 1. The van der Waals surface area contributed by atoms with Gasteiger partial charge >= 0.3 is 5.97 Å².